The predicted octanol–water partition coefficient (Wildman–Crippen LogP) is 2.27. The molecule has 3 aromatic rings. The Balaban J connectivity index is 1.48. The van der Waals surface area contributed by atoms with Crippen LogP contribution in [0.15, 0.2) is 42.9 Å². The number of aryl methyl sites for hydroxylation is 2. The van der Waals surface area contributed by atoms with Crippen molar-refractivity contribution in [2.75, 3.05) is 16.8 Å². The van der Waals surface area contributed by atoms with Crippen LogP contribution in [0.2, 0.25) is 0 Å². The summed E-state index contributed by atoms with van der Waals surface area (Å²) in [6.45, 7) is 2.47. The molecule has 1 aliphatic rings. The van der Waals surface area contributed by atoms with Crippen LogP contribution in [0.3, 0.4) is 0 Å². The summed E-state index contributed by atoms with van der Waals surface area (Å²) in [5, 5.41) is 11.8. The number of nitrogens with one attached hydrogen (secondary N) is 1. The molecule has 7 nitrogen and oxygen atoms in total. The lowest BCUT2D eigenvalue weighted by Crippen LogP contribution is -2.33. The van der Waals surface area contributed by atoms with Gasteiger partial charge in [0.25, 0.3) is 0 Å². The molecule has 3 heterocycles. The normalized spacial score (nSPS) is 17.1. The van der Waals surface area contributed by atoms with Crippen LogP contribution < -0.4 is 10.2 Å². The lowest BCUT2D eigenvalue weighted by Gasteiger charge is -2.14. The van der Waals surface area contributed by atoms with E-state index >= 15 is 0 Å². The number of nitrogens with zero attached hydrogens (tertiary/aromatic N) is 5. The van der Waals surface area contributed by atoms with Crippen molar-refractivity contribution >= 4 is 17.4 Å². The Morgan fingerprint density at radius 2 is 2.15 bits per heavy atom. The van der Waals surface area contributed by atoms with Gasteiger partial charge in [-0.25, -0.2) is 9.07 Å². The second-order valence-electron chi connectivity index (χ2n) is 6.42. The average molecular weight is 354 g/mol. The molecule has 0 aliphatic carbocycles. The molecule has 2 aromatic heterocycles. The van der Waals surface area contributed by atoms with Gasteiger partial charge in [-0.15, -0.1) is 0 Å². The number of amides is 1. The highest BCUT2D eigenvalue weighted by molar-refractivity contribution is 6.00. The quantitative estimate of drug-likeness (QED) is 0.780. The van der Waals surface area contributed by atoms with Crippen molar-refractivity contribution in [3.05, 3.63) is 54.2 Å². The molecule has 0 bridgehead atoms. The zero-order valence-electron chi connectivity index (χ0n) is 14.6. The maximum atomic E-state index is 13.3. The summed E-state index contributed by atoms with van der Waals surface area (Å²) in [5.74, 6) is 0.342. The Morgan fingerprint density at radius 3 is 2.88 bits per heavy atom. The van der Waals surface area contributed by atoms with Crippen molar-refractivity contribution in [3.8, 4) is 5.69 Å². The minimum Gasteiger partial charge on any atom is -0.357 e. The molecular weight excluding hydrogens is 335 g/mol. The molecule has 1 saturated heterocycles. The lowest BCUT2D eigenvalue weighted by atomic mass is 10.2. The molecule has 1 aromatic carbocycles. The second kappa shape index (κ2) is 6.29. The van der Waals surface area contributed by atoms with Gasteiger partial charge in [0, 0.05) is 32.1 Å². The number of hydrogen-bond acceptors (Lipinski definition) is 4. The molecule has 1 atom stereocenters. The topological polar surface area (TPSA) is 68.0 Å². The van der Waals surface area contributed by atoms with Gasteiger partial charge in [-0.1, -0.05) is 0 Å². The van der Waals surface area contributed by atoms with E-state index in [1.54, 1.807) is 32.7 Å². The number of halogens is 1. The van der Waals surface area contributed by atoms with Crippen molar-refractivity contribution in [3.63, 3.8) is 0 Å². The van der Waals surface area contributed by atoms with E-state index < -0.39 is 0 Å². The number of carbonyl (C=O) groups is 1. The van der Waals surface area contributed by atoms with Crippen LogP contribution in [0.4, 0.5) is 15.9 Å². The van der Waals surface area contributed by atoms with E-state index in [4.69, 9.17) is 0 Å². The second-order valence-corrected chi connectivity index (χ2v) is 6.42. The molecule has 0 saturated carbocycles. The summed E-state index contributed by atoms with van der Waals surface area (Å²) in [6, 6.07) is 6.04. The van der Waals surface area contributed by atoms with Gasteiger partial charge in [0.1, 0.15) is 17.7 Å². The van der Waals surface area contributed by atoms with Crippen molar-refractivity contribution in [1.29, 1.82) is 0 Å². The molecule has 1 amide bonds. The third-order valence-corrected chi connectivity index (χ3v) is 4.53. The molecule has 0 spiro atoms. The van der Waals surface area contributed by atoms with Gasteiger partial charge in [-0.3, -0.25) is 9.48 Å². The summed E-state index contributed by atoms with van der Waals surface area (Å²) in [4.78, 5) is 14.4. The molecule has 26 heavy (non-hydrogen) atoms. The summed E-state index contributed by atoms with van der Waals surface area (Å²) in [7, 11) is 1.82. The van der Waals surface area contributed by atoms with Crippen LogP contribution in [0.25, 0.3) is 5.69 Å². The fraction of sp³-hybridized carbons (Fsp3) is 0.278. The Kier molecular flexibility index (Phi) is 3.95. The highest BCUT2D eigenvalue weighted by atomic mass is 19.1. The van der Waals surface area contributed by atoms with E-state index in [1.807, 2.05) is 26.2 Å². The number of anilines is 2. The molecule has 134 valence electrons. The molecule has 4 rings (SSSR count). The molecule has 1 fully saturated rings. The van der Waals surface area contributed by atoms with E-state index in [0.717, 1.165) is 16.9 Å². The fourth-order valence-electron chi connectivity index (χ4n) is 3.21. The van der Waals surface area contributed by atoms with Gasteiger partial charge in [0.2, 0.25) is 5.91 Å². The smallest absolute Gasteiger partial charge is 0.249 e. The number of carbonyl (C=O) groups excluding carboxylic acids is 1. The number of rotatable bonds is 4. The fourth-order valence-corrected chi connectivity index (χ4v) is 3.21. The third kappa shape index (κ3) is 2.94. The first-order chi connectivity index (χ1) is 12.5. The zero-order valence-corrected chi connectivity index (χ0v) is 14.6. The predicted molar refractivity (Wildman–Crippen MR) is 95.8 cm³/mol. The van der Waals surface area contributed by atoms with Crippen molar-refractivity contribution in [2.24, 2.45) is 7.05 Å². The van der Waals surface area contributed by atoms with Crippen LogP contribution in [0.1, 0.15) is 12.0 Å². The van der Waals surface area contributed by atoms with E-state index in [2.05, 4.69) is 15.5 Å². The minimum absolute atomic E-state index is 0.00510. The van der Waals surface area contributed by atoms with Gasteiger partial charge in [-0.2, -0.15) is 10.2 Å². The Labute approximate surface area is 150 Å². The third-order valence-electron chi connectivity index (χ3n) is 4.53. The maximum Gasteiger partial charge on any atom is 0.249 e. The van der Waals surface area contributed by atoms with Gasteiger partial charge in [0.15, 0.2) is 0 Å². The standard InChI is InChI=1S/C18H19FN6O/c1-12-9-13(19)3-4-16(12)25-8-6-17(22-25)21-15-5-7-24(18(15)26)14-10-20-23(2)11-14/h3-4,6,8-11,15H,5,7H2,1-2H3,(H,21,22). The highest BCUT2D eigenvalue weighted by Crippen LogP contribution is 2.23. The van der Waals surface area contributed by atoms with Gasteiger partial charge >= 0.3 is 0 Å². The molecule has 8 heteroatoms. The van der Waals surface area contributed by atoms with Crippen LogP contribution in [-0.4, -0.2) is 38.1 Å². The summed E-state index contributed by atoms with van der Waals surface area (Å²) in [6.07, 6.45) is 6.00. The van der Waals surface area contributed by atoms with Crippen LogP contribution in [0, 0.1) is 12.7 Å². The molecular formula is C18H19FN6O. The number of benzene rings is 1. The Bertz CT molecular complexity index is 962. The Morgan fingerprint density at radius 1 is 1.31 bits per heavy atom. The van der Waals surface area contributed by atoms with Gasteiger partial charge in [0.05, 0.1) is 17.6 Å². The molecule has 0 radical (unpaired) electrons. The van der Waals surface area contributed by atoms with E-state index in [-0.39, 0.29) is 17.8 Å². The van der Waals surface area contributed by atoms with Gasteiger partial charge in [-0.05, 0) is 37.1 Å². The molecule has 1 N–H and O–H groups in total. The van der Waals surface area contributed by atoms with E-state index in [9.17, 15) is 9.18 Å². The lowest BCUT2D eigenvalue weighted by molar-refractivity contribution is -0.117. The van der Waals surface area contributed by atoms with Gasteiger partial charge < -0.3 is 10.2 Å². The monoisotopic (exact) mass is 354 g/mol. The largest absolute Gasteiger partial charge is 0.357 e. The van der Waals surface area contributed by atoms with Crippen molar-refractivity contribution in [2.45, 2.75) is 19.4 Å². The Hall–Kier alpha value is -3.16. The first-order valence-corrected chi connectivity index (χ1v) is 8.40. The van der Waals surface area contributed by atoms with Crippen molar-refractivity contribution in [1.82, 2.24) is 19.6 Å². The van der Waals surface area contributed by atoms with E-state index in [0.29, 0.717) is 18.8 Å². The molecule has 1 aliphatic heterocycles. The average Bonchev–Trinajstić information content (AvgIpc) is 3.30. The number of aromatic nitrogens is 4. The SMILES string of the molecule is Cc1cc(F)ccc1-n1ccc(NC2CCN(c3cnn(C)c3)C2=O)n1. The summed E-state index contributed by atoms with van der Waals surface area (Å²) in [5.41, 5.74) is 2.39. The first-order valence-electron chi connectivity index (χ1n) is 8.40. The number of hydrogen-bond donors (Lipinski definition) is 1. The van der Waals surface area contributed by atoms with Crippen molar-refractivity contribution < 1.29 is 9.18 Å². The first kappa shape index (κ1) is 16.3. The van der Waals surface area contributed by atoms with E-state index in [1.165, 1.54) is 12.1 Å². The zero-order chi connectivity index (χ0) is 18.3. The van der Waals surface area contributed by atoms with Crippen LogP contribution >= 0.6 is 0 Å². The molecule has 1 unspecified atom stereocenters. The maximum absolute atomic E-state index is 13.3. The minimum atomic E-state index is -0.326. The summed E-state index contributed by atoms with van der Waals surface area (Å²) >= 11 is 0. The van der Waals surface area contributed by atoms with Crippen LogP contribution in [-0.2, 0) is 11.8 Å². The summed E-state index contributed by atoms with van der Waals surface area (Å²) < 4.78 is 16.6. The highest BCUT2D eigenvalue weighted by Gasteiger charge is 2.33. The van der Waals surface area contributed by atoms with Crippen LogP contribution in [0.5, 0.6) is 0 Å².